The van der Waals surface area contributed by atoms with Gasteiger partial charge in [0.2, 0.25) is 21.8 Å². The van der Waals surface area contributed by atoms with Crippen molar-refractivity contribution in [1.82, 2.24) is 10.2 Å². The number of hydrogen-bond donors (Lipinski definition) is 1. The highest BCUT2D eigenvalue weighted by molar-refractivity contribution is 7.92. The number of amides is 2. The highest BCUT2D eigenvalue weighted by Crippen LogP contribution is 2.19. The second kappa shape index (κ2) is 10.2. The van der Waals surface area contributed by atoms with Crippen LogP contribution in [-0.2, 0) is 26.2 Å². The summed E-state index contributed by atoms with van der Waals surface area (Å²) in [5, 5.41) is 2.90. The summed E-state index contributed by atoms with van der Waals surface area (Å²) in [6, 6.07) is 15.3. The summed E-state index contributed by atoms with van der Waals surface area (Å²) in [6.45, 7) is 8.99. The SMILES string of the molecule is Cc1cccc(CN(C(=O)CN(c2ccccc2)S(C)(=O)=O)[C@H](C)C(=O)NC(C)(C)C)c1. The number of sulfonamides is 1. The van der Waals surface area contributed by atoms with Crippen LogP contribution >= 0.6 is 0 Å². The molecule has 2 aromatic carbocycles. The number of aryl methyl sites for hydroxylation is 1. The molecule has 0 radical (unpaired) electrons. The van der Waals surface area contributed by atoms with Crippen molar-refractivity contribution >= 4 is 27.5 Å². The number of nitrogens with one attached hydrogen (secondary N) is 1. The van der Waals surface area contributed by atoms with Crippen LogP contribution in [0.2, 0.25) is 0 Å². The van der Waals surface area contributed by atoms with E-state index >= 15 is 0 Å². The summed E-state index contributed by atoms with van der Waals surface area (Å²) in [4.78, 5) is 27.7. The average molecular weight is 460 g/mol. The maximum absolute atomic E-state index is 13.4. The second-order valence-electron chi connectivity index (χ2n) is 9.03. The van der Waals surface area contributed by atoms with Gasteiger partial charge >= 0.3 is 0 Å². The number of para-hydroxylation sites is 1. The molecule has 0 spiro atoms. The van der Waals surface area contributed by atoms with E-state index in [9.17, 15) is 18.0 Å². The van der Waals surface area contributed by atoms with Gasteiger partial charge in [-0.25, -0.2) is 8.42 Å². The number of nitrogens with zero attached hydrogens (tertiary/aromatic N) is 2. The molecule has 1 N–H and O–H groups in total. The highest BCUT2D eigenvalue weighted by atomic mass is 32.2. The van der Waals surface area contributed by atoms with Crippen molar-refractivity contribution in [3.63, 3.8) is 0 Å². The molecule has 0 heterocycles. The molecule has 1 atom stereocenters. The molecule has 8 heteroatoms. The van der Waals surface area contributed by atoms with Crippen molar-refractivity contribution in [3.8, 4) is 0 Å². The van der Waals surface area contributed by atoms with Gasteiger partial charge in [0.15, 0.2) is 0 Å². The second-order valence-corrected chi connectivity index (χ2v) is 10.9. The number of hydrogen-bond acceptors (Lipinski definition) is 4. The largest absolute Gasteiger partial charge is 0.350 e. The lowest BCUT2D eigenvalue weighted by Gasteiger charge is -2.33. The predicted molar refractivity (Wildman–Crippen MR) is 128 cm³/mol. The van der Waals surface area contributed by atoms with Crippen molar-refractivity contribution in [1.29, 1.82) is 0 Å². The van der Waals surface area contributed by atoms with Gasteiger partial charge in [-0.2, -0.15) is 0 Å². The van der Waals surface area contributed by atoms with E-state index in [4.69, 9.17) is 0 Å². The zero-order chi connectivity index (χ0) is 24.1. The zero-order valence-corrected chi connectivity index (χ0v) is 20.4. The first-order valence-corrected chi connectivity index (χ1v) is 12.3. The quantitative estimate of drug-likeness (QED) is 0.657. The third-order valence-electron chi connectivity index (χ3n) is 4.82. The molecule has 7 nitrogen and oxygen atoms in total. The molecule has 0 saturated heterocycles. The summed E-state index contributed by atoms with van der Waals surface area (Å²) < 4.78 is 26.0. The molecule has 2 amide bonds. The molecule has 0 aliphatic heterocycles. The van der Waals surface area contributed by atoms with Gasteiger partial charge in [0.05, 0.1) is 11.9 Å². The molecule has 0 fully saturated rings. The van der Waals surface area contributed by atoms with Crippen LogP contribution in [-0.4, -0.2) is 49.5 Å². The first-order valence-electron chi connectivity index (χ1n) is 10.5. The molecule has 174 valence electrons. The van der Waals surface area contributed by atoms with E-state index < -0.39 is 34.1 Å². The van der Waals surface area contributed by atoms with Crippen LogP contribution in [0.3, 0.4) is 0 Å². The van der Waals surface area contributed by atoms with Gasteiger partial charge in [0.1, 0.15) is 12.6 Å². The molecule has 0 unspecified atom stereocenters. The maximum Gasteiger partial charge on any atom is 0.244 e. The van der Waals surface area contributed by atoms with Gasteiger partial charge in [0, 0.05) is 12.1 Å². The molecule has 0 aromatic heterocycles. The third-order valence-corrected chi connectivity index (χ3v) is 5.96. The Morgan fingerprint density at radius 3 is 2.19 bits per heavy atom. The summed E-state index contributed by atoms with van der Waals surface area (Å²) in [7, 11) is -3.72. The lowest BCUT2D eigenvalue weighted by atomic mass is 10.1. The Bertz CT molecular complexity index is 1050. The van der Waals surface area contributed by atoms with Crippen LogP contribution in [0.4, 0.5) is 5.69 Å². The summed E-state index contributed by atoms with van der Waals surface area (Å²) >= 11 is 0. The van der Waals surface area contributed by atoms with Gasteiger partial charge in [-0.15, -0.1) is 0 Å². The Kier molecular flexibility index (Phi) is 8.07. The molecule has 0 aliphatic rings. The van der Waals surface area contributed by atoms with Crippen molar-refractivity contribution in [3.05, 3.63) is 65.7 Å². The molecular formula is C24H33N3O4S. The molecule has 0 aliphatic carbocycles. The summed E-state index contributed by atoms with van der Waals surface area (Å²) in [6.07, 6.45) is 1.06. The van der Waals surface area contributed by atoms with E-state index in [0.29, 0.717) is 5.69 Å². The van der Waals surface area contributed by atoms with E-state index in [1.807, 2.05) is 52.0 Å². The molecule has 2 aromatic rings. The van der Waals surface area contributed by atoms with Crippen LogP contribution in [0.5, 0.6) is 0 Å². The van der Waals surface area contributed by atoms with E-state index in [-0.39, 0.29) is 12.5 Å². The molecular weight excluding hydrogens is 426 g/mol. The van der Waals surface area contributed by atoms with Crippen LogP contribution in [0.25, 0.3) is 0 Å². The Hall–Kier alpha value is -2.87. The summed E-state index contributed by atoms with van der Waals surface area (Å²) in [5.74, 6) is -0.763. The smallest absolute Gasteiger partial charge is 0.244 e. The Morgan fingerprint density at radius 2 is 1.66 bits per heavy atom. The monoisotopic (exact) mass is 459 g/mol. The standard InChI is InChI=1S/C24H33N3O4S/c1-18-11-10-12-20(15-18)16-26(19(2)23(29)25-24(3,4)5)22(28)17-27(32(6,30)31)21-13-8-7-9-14-21/h7-15,19H,16-17H2,1-6H3,(H,25,29)/t19-/m1/s1. The number of carbonyl (C=O) groups is 2. The lowest BCUT2D eigenvalue weighted by molar-refractivity contribution is -0.140. The van der Waals surface area contributed by atoms with Crippen molar-refractivity contribution in [2.24, 2.45) is 0 Å². The minimum Gasteiger partial charge on any atom is -0.350 e. The summed E-state index contributed by atoms with van der Waals surface area (Å²) in [5.41, 5.74) is 1.82. The average Bonchev–Trinajstić information content (AvgIpc) is 2.68. The van der Waals surface area contributed by atoms with Crippen molar-refractivity contribution < 1.29 is 18.0 Å². The highest BCUT2D eigenvalue weighted by Gasteiger charge is 2.31. The Labute approximate surface area is 191 Å². The number of rotatable bonds is 8. The fourth-order valence-corrected chi connectivity index (χ4v) is 4.12. The first-order chi connectivity index (χ1) is 14.8. The topological polar surface area (TPSA) is 86.8 Å². The van der Waals surface area contributed by atoms with E-state index in [0.717, 1.165) is 21.7 Å². The number of carbonyl (C=O) groups excluding carboxylic acids is 2. The van der Waals surface area contributed by atoms with Crippen LogP contribution in [0.1, 0.15) is 38.8 Å². The maximum atomic E-state index is 13.4. The third kappa shape index (κ3) is 7.37. The first kappa shape index (κ1) is 25.4. The van der Waals surface area contributed by atoms with Crippen molar-refractivity contribution in [2.75, 3.05) is 17.1 Å². The van der Waals surface area contributed by atoms with Gasteiger partial charge in [-0.3, -0.25) is 13.9 Å². The van der Waals surface area contributed by atoms with E-state index in [1.54, 1.807) is 37.3 Å². The van der Waals surface area contributed by atoms with Crippen LogP contribution < -0.4 is 9.62 Å². The van der Waals surface area contributed by atoms with Gasteiger partial charge in [0.25, 0.3) is 0 Å². The van der Waals surface area contributed by atoms with Gasteiger partial charge in [-0.1, -0.05) is 48.0 Å². The Morgan fingerprint density at radius 1 is 1.03 bits per heavy atom. The van der Waals surface area contributed by atoms with Gasteiger partial charge < -0.3 is 10.2 Å². The zero-order valence-electron chi connectivity index (χ0n) is 19.6. The van der Waals surface area contributed by atoms with Crippen LogP contribution in [0, 0.1) is 6.92 Å². The Balaban J connectivity index is 2.38. The number of anilines is 1. The van der Waals surface area contributed by atoms with E-state index in [1.165, 1.54) is 4.90 Å². The van der Waals surface area contributed by atoms with Crippen molar-refractivity contribution in [2.45, 2.75) is 52.7 Å². The lowest BCUT2D eigenvalue weighted by Crippen LogP contribution is -2.54. The number of benzene rings is 2. The fourth-order valence-electron chi connectivity index (χ4n) is 3.27. The molecule has 0 bridgehead atoms. The fraction of sp³-hybridized carbons (Fsp3) is 0.417. The van der Waals surface area contributed by atoms with Gasteiger partial charge in [-0.05, 0) is 52.3 Å². The van der Waals surface area contributed by atoms with Crippen LogP contribution in [0.15, 0.2) is 54.6 Å². The predicted octanol–water partition coefficient (Wildman–Crippen LogP) is 3.09. The van der Waals surface area contributed by atoms with E-state index in [2.05, 4.69) is 5.32 Å². The normalized spacial score (nSPS) is 12.7. The molecule has 32 heavy (non-hydrogen) atoms. The minimum absolute atomic E-state index is 0.186. The molecule has 0 saturated carbocycles. The molecule has 2 rings (SSSR count). The minimum atomic E-state index is -3.72.